The number of phenols is 2. The number of hydrogen-bond donors (Lipinski definition) is 2. The second-order valence-corrected chi connectivity index (χ2v) is 6.63. The molecule has 2 heteroatoms. The molecule has 0 spiro atoms. The Labute approximate surface area is 146 Å². The molecule has 0 saturated carbocycles. The predicted octanol–water partition coefficient (Wildman–Crippen LogP) is 5.93. The Morgan fingerprint density at radius 2 is 1.17 bits per heavy atom. The molecule has 2 nitrogen and oxygen atoms in total. The number of rotatable bonds is 8. The van der Waals surface area contributed by atoms with Gasteiger partial charge in [-0.2, -0.15) is 0 Å². The molecule has 0 fully saturated rings. The van der Waals surface area contributed by atoms with Crippen molar-refractivity contribution in [3.8, 4) is 11.5 Å². The molecule has 0 saturated heterocycles. The van der Waals surface area contributed by atoms with Gasteiger partial charge in [-0.15, -0.1) is 0 Å². The van der Waals surface area contributed by atoms with Crippen LogP contribution in [0.4, 0.5) is 0 Å². The van der Waals surface area contributed by atoms with Crippen molar-refractivity contribution in [2.24, 2.45) is 0 Å². The molecule has 2 N–H and O–H groups in total. The number of phenolic OH excluding ortho intramolecular Hbond substituents is 2. The van der Waals surface area contributed by atoms with Gasteiger partial charge in [0.15, 0.2) is 0 Å². The summed E-state index contributed by atoms with van der Waals surface area (Å²) in [6, 6.07) is 12.0. The summed E-state index contributed by atoms with van der Waals surface area (Å²) in [5, 5.41) is 21.0. The highest BCUT2D eigenvalue weighted by atomic mass is 16.3. The van der Waals surface area contributed by atoms with Gasteiger partial charge in [0, 0.05) is 17.0 Å². The third kappa shape index (κ3) is 4.31. The third-order valence-electron chi connectivity index (χ3n) is 4.60. The second kappa shape index (κ2) is 8.77. The van der Waals surface area contributed by atoms with Crippen molar-refractivity contribution < 1.29 is 10.2 Å². The lowest BCUT2D eigenvalue weighted by Crippen LogP contribution is -2.03. The van der Waals surface area contributed by atoms with E-state index >= 15 is 0 Å². The summed E-state index contributed by atoms with van der Waals surface area (Å²) in [7, 11) is 0. The third-order valence-corrected chi connectivity index (χ3v) is 4.60. The average Bonchev–Trinajstić information content (AvgIpc) is 2.55. The van der Waals surface area contributed by atoms with E-state index in [1.165, 1.54) is 0 Å². The lowest BCUT2D eigenvalue weighted by Gasteiger charge is -2.21. The van der Waals surface area contributed by atoms with Crippen LogP contribution in [0.5, 0.6) is 11.5 Å². The molecule has 0 aliphatic heterocycles. The highest BCUT2D eigenvalue weighted by Gasteiger charge is 2.20. The van der Waals surface area contributed by atoms with Crippen molar-refractivity contribution in [2.75, 3.05) is 0 Å². The maximum absolute atomic E-state index is 10.5. The minimum atomic E-state index is 0.0290. The van der Waals surface area contributed by atoms with Crippen LogP contribution < -0.4 is 0 Å². The highest BCUT2D eigenvalue weighted by Crippen LogP contribution is 2.39. The fourth-order valence-electron chi connectivity index (χ4n) is 3.42. The van der Waals surface area contributed by atoms with Gasteiger partial charge >= 0.3 is 0 Å². The SMILES string of the molecule is CCCc1ccc(C(CCC)c2ccc(CCC)cc2O)c(O)c1. The molecule has 0 heterocycles. The van der Waals surface area contributed by atoms with Crippen molar-refractivity contribution in [3.63, 3.8) is 0 Å². The van der Waals surface area contributed by atoms with Gasteiger partial charge in [-0.1, -0.05) is 64.3 Å². The molecule has 0 amide bonds. The van der Waals surface area contributed by atoms with E-state index in [4.69, 9.17) is 0 Å². The Kier molecular flexibility index (Phi) is 6.72. The van der Waals surface area contributed by atoms with Crippen LogP contribution in [0, 0.1) is 0 Å². The largest absolute Gasteiger partial charge is 0.508 e. The van der Waals surface area contributed by atoms with Crippen molar-refractivity contribution in [1.29, 1.82) is 0 Å². The Hall–Kier alpha value is -1.96. The van der Waals surface area contributed by atoms with E-state index in [1.54, 1.807) is 0 Å². The van der Waals surface area contributed by atoms with E-state index < -0.39 is 0 Å². The van der Waals surface area contributed by atoms with Crippen LogP contribution in [-0.2, 0) is 12.8 Å². The van der Waals surface area contributed by atoms with Gasteiger partial charge in [-0.25, -0.2) is 0 Å². The molecule has 2 rings (SSSR count). The lowest BCUT2D eigenvalue weighted by atomic mass is 9.85. The van der Waals surface area contributed by atoms with E-state index in [0.29, 0.717) is 11.5 Å². The van der Waals surface area contributed by atoms with Crippen molar-refractivity contribution >= 4 is 0 Å². The number of aryl methyl sites for hydroxylation is 2. The van der Waals surface area contributed by atoms with Crippen LogP contribution in [0.3, 0.4) is 0 Å². The molecule has 0 aliphatic carbocycles. The molecule has 0 unspecified atom stereocenters. The quantitative estimate of drug-likeness (QED) is 0.630. The van der Waals surface area contributed by atoms with Crippen LogP contribution in [0.15, 0.2) is 36.4 Å². The minimum absolute atomic E-state index is 0.0290. The Balaban J connectivity index is 2.39. The van der Waals surface area contributed by atoms with Gasteiger partial charge in [0.1, 0.15) is 11.5 Å². The molecule has 0 aromatic heterocycles. The Morgan fingerprint density at radius 1 is 0.708 bits per heavy atom. The molecular weight excluding hydrogens is 296 g/mol. The molecule has 2 aromatic rings. The summed E-state index contributed by atoms with van der Waals surface area (Å²) in [6.07, 6.45) is 5.98. The standard InChI is InChI=1S/C22H30O2/c1-4-7-16-10-12-19(21(23)14-16)18(9-6-3)20-13-11-17(8-5-2)15-22(20)24/h10-15,18,23-24H,4-9H2,1-3H3. The molecule has 2 aromatic carbocycles. The summed E-state index contributed by atoms with van der Waals surface area (Å²) in [5.74, 6) is 0.717. The van der Waals surface area contributed by atoms with Crippen LogP contribution >= 0.6 is 0 Å². The monoisotopic (exact) mass is 326 g/mol. The molecule has 24 heavy (non-hydrogen) atoms. The van der Waals surface area contributed by atoms with Crippen LogP contribution in [-0.4, -0.2) is 10.2 Å². The summed E-state index contributed by atoms with van der Waals surface area (Å²) in [5.41, 5.74) is 4.15. The first-order valence-corrected chi connectivity index (χ1v) is 9.24. The van der Waals surface area contributed by atoms with E-state index in [9.17, 15) is 10.2 Å². The fourth-order valence-corrected chi connectivity index (χ4v) is 3.42. The van der Waals surface area contributed by atoms with Crippen molar-refractivity contribution in [3.05, 3.63) is 58.7 Å². The Morgan fingerprint density at radius 3 is 1.50 bits per heavy atom. The number of benzene rings is 2. The summed E-state index contributed by atoms with van der Waals surface area (Å²) in [6.45, 7) is 6.42. The van der Waals surface area contributed by atoms with Gasteiger partial charge in [-0.05, 0) is 42.5 Å². The maximum Gasteiger partial charge on any atom is 0.119 e. The first-order valence-electron chi connectivity index (χ1n) is 9.24. The first-order chi connectivity index (χ1) is 11.6. The fraction of sp³-hybridized carbons (Fsp3) is 0.455. The summed E-state index contributed by atoms with van der Waals surface area (Å²) >= 11 is 0. The van der Waals surface area contributed by atoms with Crippen LogP contribution in [0.25, 0.3) is 0 Å². The zero-order valence-electron chi connectivity index (χ0n) is 15.2. The van der Waals surface area contributed by atoms with E-state index in [1.807, 2.05) is 24.3 Å². The van der Waals surface area contributed by atoms with Crippen LogP contribution in [0.1, 0.15) is 74.6 Å². The van der Waals surface area contributed by atoms with Gasteiger partial charge in [-0.3, -0.25) is 0 Å². The van der Waals surface area contributed by atoms with Gasteiger partial charge in [0.05, 0.1) is 0 Å². The number of hydrogen-bond acceptors (Lipinski definition) is 2. The smallest absolute Gasteiger partial charge is 0.119 e. The van der Waals surface area contributed by atoms with E-state index in [-0.39, 0.29) is 5.92 Å². The molecule has 0 atom stereocenters. The van der Waals surface area contributed by atoms with Gasteiger partial charge in [0.25, 0.3) is 0 Å². The first kappa shape index (κ1) is 18.4. The summed E-state index contributed by atoms with van der Waals surface area (Å²) < 4.78 is 0. The van der Waals surface area contributed by atoms with Gasteiger partial charge in [0.2, 0.25) is 0 Å². The average molecular weight is 326 g/mol. The van der Waals surface area contributed by atoms with E-state index in [2.05, 4.69) is 32.9 Å². The normalized spacial score (nSPS) is 11.2. The Bertz CT molecular complexity index is 606. The van der Waals surface area contributed by atoms with Crippen molar-refractivity contribution in [2.45, 2.75) is 65.2 Å². The number of aromatic hydroxyl groups is 2. The maximum atomic E-state index is 10.5. The van der Waals surface area contributed by atoms with Gasteiger partial charge < -0.3 is 10.2 Å². The summed E-state index contributed by atoms with van der Waals surface area (Å²) in [4.78, 5) is 0. The second-order valence-electron chi connectivity index (χ2n) is 6.63. The molecule has 0 aliphatic rings. The highest BCUT2D eigenvalue weighted by molar-refractivity contribution is 5.48. The molecule has 0 bridgehead atoms. The zero-order valence-corrected chi connectivity index (χ0v) is 15.2. The minimum Gasteiger partial charge on any atom is -0.508 e. The topological polar surface area (TPSA) is 40.5 Å². The van der Waals surface area contributed by atoms with Crippen LogP contribution in [0.2, 0.25) is 0 Å². The zero-order chi connectivity index (χ0) is 17.5. The molecular formula is C22H30O2. The predicted molar refractivity (Wildman–Crippen MR) is 101 cm³/mol. The molecule has 0 radical (unpaired) electrons. The van der Waals surface area contributed by atoms with Crippen molar-refractivity contribution in [1.82, 2.24) is 0 Å². The lowest BCUT2D eigenvalue weighted by molar-refractivity contribution is 0.449. The van der Waals surface area contributed by atoms with E-state index in [0.717, 1.165) is 60.8 Å². The molecule has 130 valence electrons.